The second kappa shape index (κ2) is 12.7. The first-order valence-corrected chi connectivity index (χ1v) is 21.0. The van der Waals surface area contributed by atoms with E-state index >= 15 is 0 Å². The summed E-state index contributed by atoms with van der Waals surface area (Å²) in [4.78, 5) is 14.0. The number of fused-ring (bicyclic) bond motifs is 1. The Kier molecular flexibility index (Phi) is 9.36. The van der Waals surface area contributed by atoms with Gasteiger partial charge in [0.2, 0.25) is 0 Å². The summed E-state index contributed by atoms with van der Waals surface area (Å²) in [5, 5.41) is 0. The summed E-state index contributed by atoms with van der Waals surface area (Å²) in [5.74, 6) is 0. The second-order valence-corrected chi connectivity index (χ2v) is 23.2. The molecule has 0 bridgehead atoms. The van der Waals surface area contributed by atoms with E-state index in [1.54, 1.807) is 9.91 Å². The van der Waals surface area contributed by atoms with E-state index in [-0.39, 0.29) is 0 Å². The molecule has 4 nitrogen and oxygen atoms in total. The Balaban J connectivity index is 1.65. The van der Waals surface area contributed by atoms with Crippen molar-refractivity contribution in [3.8, 4) is 11.3 Å². The van der Waals surface area contributed by atoms with Crippen LogP contribution in [0.2, 0.25) is 13.3 Å². The van der Waals surface area contributed by atoms with Gasteiger partial charge in [0.05, 0.1) is 0 Å². The van der Waals surface area contributed by atoms with Crippen molar-refractivity contribution in [3.63, 3.8) is 0 Å². The number of nitrogens with zero attached hydrogens (tertiary/aromatic N) is 4. The van der Waals surface area contributed by atoms with E-state index in [0.717, 1.165) is 29.0 Å². The fourth-order valence-corrected chi connectivity index (χ4v) is 21.3. The number of hydrogen-bond donors (Lipinski definition) is 0. The summed E-state index contributed by atoms with van der Waals surface area (Å²) >= 11 is -2.42. The van der Waals surface area contributed by atoms with Crippen molar-refractivity contribution in [2.75, 3.05) is 0 Å². The Hall–Kier alpha value is -2.21. The molecule has 0 aliphatic rings. The Bertz CT molecular complexity index is 1160. The van der Waals surface area contributed by atoms with Gasteiger partial charge in [0.15, 0.2) is 0 Å². The molecule has 0 N–H and O–H groups in total. The van der Waals surface area contributed by atoms with Crippen LogP contribution in [0.4, 0.5) is 0 Å². The van der Waals surface area contributed by atoms with Crippen LogP contribution in [0.3, 0.4) is 0 Å². The third-order valence-electron chi connectivity index (χ3n) is 7.39. The minimum atomic E-state index is -2.42. The molecule has 4 aromatic rings. The van der Waals surface area contributed by atoms with Crippen LogP contribution in [0.25, 0.3) is 22.4 Å². The second-order valence-electron chi connectivity index (χ2n) is 9.92. The van der Waals surface area contributed by atoms with Crippen molar-refractivity contribution >= 4 is 33.1 Å². The van der Waals surface area contributed by atoms with Gasteiger partial charge in [-0.2, -0.15) is 0 Å². The molecular formula is C30H40N4Sn. The van der Waals surface area contributed by atoms with E-state index in [9.17, 15) is 0 Å². The molecule has 0 aliphatic heterocycles. The predicted octanol–water partition coefficient (Wildman–Crippen LogP) is 7.60. The van der Waals surface area contributed by atoms with Gasteiger partial charge < -0.3 is 0 Å². The number of benzene rings is 2. The number of aromatic nitrogens is 4. The Morgan fingerprint density at radius 1 is 0.714 bits per heavy atom. The quantitative estimate of drug-likeness (QED) is 0.154. The van der Waals surface area contributed by atoms with E-state index in [1.165, 1.54) is 57.4 Å². The van der Waals surface area contributed by atoms with Crippen molar-refractivity contribution < 1.29 is 0 Å². The maximum absolute atomic E-state index is 4.73. The molecule has 2 aromatic heterocycles. The van der Waals surface area contributed by atoms with Gasteiger partial charge >= 0.3 is 210 Å². The zero-order valence-corrected chi connectivity index (χ0v) is 24.6. The molecule has 0 unspecified atom stereocenters. The molecule has 5 heteroatoms. The van der Waals surface area contributed by atoms with Crippen LogP contribution in [-0.4, -0.2) is 37.9 Å². The number of unbranched alkanes of at least 4 members (excludes halogenated alkanes) is 3. The van der Waals surface area contributed by atoms with Gasteiger partial charge in [0.1, 0.15) is 0 Å². The first-order valence-electron chi connectivity index (χ1n) is 13.5. The molecule has 184 valence electrons. The molecule has 0 radical (unpaired) electrons. The van der Waals surface area contributed by atoms with Crippen LogP contribution in [-0.2, 0) is 6.54 Å². The fourth-order valence-electron chi connectivity index (χ4n) is 5.32. The molecule has 0 saturated carbocycles. The molecular weight excluding hydrogens is 535 g/mol. The third-order valence-corrected chi connectivity index (χ3v) is 23.1. The van der Waals surface area contributed by atoms with Crippen molar-refractivity contribution in [1.29, 1.82) is 0 Å². The van der Waals surface area contributed by atoms with Crippen LogP contribution >= 0.6 is 0 Å². The van der Waals surface area contributed by atoms with Gasteiger partial charge in [0.25, 0.3) is 0 Å². The summed E-state index contributed by atoms with van der Waals surface area (Å²) in [5.41, 5.74) is 5.10. The zero-order valence-electron chi connectivity index (χ0n) is 21.7. The molecule has 4 rings (SSSR count). The maximum atomic E-state index is 4.73. The summed E-state index contributed by atoms with van der Waals surface area (Å²) in [6.07, 6.45) is 11.6. The van der Waals surface area contributed by atoms with Gasteiger partial charge in [-0.05, 0) is 0 Å². The van der Waals surface area contributed by atoms with Crippen molar-refractivity contribution in [1.82, 2.24) is 19.5 Å². The van der Waals surface area contributed by atoms with Gasteiger partial charge in [0, 0.05) is 0 Å². The standard InChI is InChI=1S/C18H13N4.3C4H9.Sn/c1-3-7-14(8-4-1)11-22-13-21-17-16(19-12-20-18(17)22)15-9-5-2-6-10-15;3*1-3-4-2;/h1,3-10,12-13H,11H2;3*1,3-4H2,2H3;. The average Bonchev–Trinajstić information content (AvgIpc) is 3.32. The molecule has 0 atom stereocenters. The predicted molar refractivity (Wildman–Crippen MR) is 151 cm³/mol. The van der Waals surface area contributed by atoms with Crippen LogP contribution in [0, 0.1) is 0 Å². The van der Waals surface area contributed by atoms with Crippen LogP contribution in [0.1, 0.15) is 64.9 Å². The molecule has 35 heavy (non-hydrogen) atoms. The summed E-state index contributed by atoms with van der Waals surface area (Å²) in [6.45, 7) is 7.79. The van der Waals surface area contributed by atoms with Gasteiger partial charge in [-0.1, -0.05) is 6.07 Å². The zero-order chi connectivity index (χ0) is 24.5. The molecule has 2 heterocycles. The van der Waals surface area contributed by atoms with Crippen molar-refractivity contribution in [2.24, 2.45) is 0 Å². The van der Waals surface area contributed by atoms with Crippen LogP contribution < -0.4 is 3.58 Å². The normalized spacial score (nSPS) is 11.9. The van der Waals surface area contributed by atoms with Crippen LogP contribution in [0.15, 0.2) is 67.3 Å². The molecule has 0 saturated heterocycles. The number of rotatable bonds is 13. The average molecular weight is 575 g/mol. The molecule has 0 aliphatic carbocycles. The summed E-state index contributed by atoms with van der Waals surface area (Å²) < 4.78 is 8.30. The summed E-state index contributed by atoms with van der Waals surface area (Å²) in [6, 6.07) is 20.0. The molecule has 0 spiro atoms. The van der Waals surface area contributed by atoms with Crippen molar-refractivity contribution in [2.45, 2.75) is 79.2 Å². The monoisotopic (exact) mass is 576 g/mol. The van der Waals surface area contributed by atoms with Crippen LogP contribution in [0.5, 0.6) is 0 Å². The Morgan fingerprint density at radius 2 is 1.34 bits per heavy atom. The number of hydrogen-bond acceptors (Lipinski definition) is 3. The van der Waals surface area contributed by atoms with Gasteiger partial charge in [-0.3, -0.25) is 0 Å². The number of imidazole rings is 1. The summed E-state index contributed by atoms with van der Waals surface area (Å²) in [7, 11) is 0. The first kappa shape index (κ1) is 25.9. The SMILES string of the molecule is CCC[CH2][Sn]([CH2]CCC)([CH2]CCC)[c]1ccc(-c2ncnc3c2ncn3Cc2ccccc2)cc1. The van der Waals surface area contributed by atoms with E-state index < -0.39 is 18.4 Å². The van der Waals surface area contributed by atoms with Crippen molar-refractivity contribution in [3.05, 3.63) is 72.8 Å². The minimum absolute atomic E-state index is 0.760. The van der Waals surface area contributed by atoms with E-state index in [1.807, 2.05) is 12.4 Å². The van der Waals surface area contributed by atoms with Gasteiger partial charge in [-0.15, -0.1) is 0 Å². The fraction of sp³-hybridized carbons (Fsp3) is 0.433. The van der Waals surface area contributed by atoms with E-state index in [2.05, 4.69) is 83.8 Å². The van der Waals surface area contributed by atoms with E-state index in [0.29, 0.717) is 0 Å². The Labute approximate surface area is 215 Å². The topological polar surface area (TPSA) is 43.6 Å². The molecule has 2 aromatic carbocycles. The molecule has 0 amide bonds. The first-order chi connectivity index (χ1) is 17.2. The van der Waals surface area contributed by atoms with Gasteiger partial charge in [-0.25, -0.2) is 0 Å². The van der Waals surface area contributed by atoms with E-state index in [4.69, 9.17) is 4.98 Å². The Morgan fingerprint density at radius 3 is 1.94 bits per heavy atom. The molecule has 0 fully saturated rings. The third kappa shape index (κ3) is 6.14.